The van der Waals surface area contributed by atoms with E-state index in [0.29, 0.717) is 24.3 Å². The van der Waals surface area contributed by atoms with E-state index in [2.05, 4.69) is 0 Å². The summed E-state index contributed by atoms with van der Waals surface area (Å²) in [6, 6.07) is 8.40. The van der Waals surface area contributed by atoms with Gasteiger partial charge in [0.25, 0.3) is 5.69 Å². The molecule has 0 bridgehead atoms. The smallest absolute Gasteiger partial charge is 0.384 e. The van der Waals surface area contributed by atoms with Gasteiger partial charge in [0.1, 0.15) is 5.60 Å². The molecular weight excluding hydrogens is 573 g/mol. The molecule has 17 heteroatoms. The van der Waals surface area contributed by atoms with Gasteiger partial charge in [-0.25, -0.2) is 0 Å². The molecule has 39 heavy (non-hydrogen) atoms. The van der Waals surface area contributed by atoms with Crippen molar-refractivity contribution in [2.24, 2.45) is 0 Å². The second-order valence-corrected chi connectivity index (χ2v) is 8.54. The fourth-order valence-corrected chi connectivity index (χ4v) is 3.65. The number of aliphatic hydroxyl groups is 1. The van der Waals surface area contributed by atoms with E-state index in [1.807, 2.05) is 0 Å². The highest BCUT2D eigenvalue weighted by molar-refractivity contribution is 5.38. The monoisotopic (exact) mass is 589 g/mol. The quantitative estimate of drug-likeness (QED) is 0.176. The highest BCUT2D eigenvalue weighted by Crippen LogP contribution is 2.62. The topological polar surface area (TPSA) is 63.4 Å². The predicted octanol–water partition coefficient (Wildman–Crippen LogP) is 7.72. The van der Waals surface area contributed by atoms with Crippen LogP contribution in [-0.2, 0) is 5.60 Å². The van der Waals surface area contributed by atoms with Crippen LogP contribution in [0.5, 0.6) is 0 Å². The molecule has 0 aliphatic carbocycles. The van der Waals surface area contributed by atoms with Gasteiger partial charge in [0.05, 0.1) is 11.3 Å². The largest absolute Gasteiger partial charge is 0.460 e. The summed E-state index contributed by atoms with van der Waals surface area (Å²) in [6.45, 7) is 0.884. The molecule has 0 saturated heterocycles. The Kier molecular flexibility index (Phi) is 8.08. The Hall–Kier alpha value is -3.11. The predicted molar refractivity (Wildman–Crippen MR) is 107 cm³/mol. The number of hydrogen-bond donors (Lipinski definition) is 1. The molecule has 0 saturated carbocycles. The summed E-state index contributed by atoms with van der Waals surface area (Å²) in [4.78, 5) is 9.86. The average Bonchev–Trinajstić information content (AvgIpc) is 2.82. The van der Waals surface area contributed by atoms with Crippen LogP contribution in [0.15, 0.2) is 54.6 Å². The van der Waals surface area contributed by atoms with Crippen LogP contribution in [0, 0.1) is 10.1 Å². The van der Waals surface area contributed by atoms with Gasteiger partial charge in [0.15, 0.2) is 0 Å². The van der Waals surface area contributed by atoms with E-state index < -0.39 is 69.9 Å². The summed E-state index contributed by atoms with van der Waals surface area (Å²) in [6.07, 6.45) is -10.5. The lowest BCUT2D eigenvalue weighted by atomic mass is 9.73. The van der Waals surface area contributed by atoms with Crippen LogP contribution >= 0.6 is 0 Å². The average molecular weight is 589 g/mol. The van der Waals surface area contributed by atoms with Crippen molar-refractivity contribution in [1.82, 2.24) is 0 Å². The zero-order chi connectivity index (χ0) is 30.5. The fraction of sp³-hybridized carbons (Fsp3) is 0.455. The molecule has 0 aromatic heterocycles. The summed E-state index contributed by atoms with van der Waals surface area (Å²) in [5, 5.41) is 22.0. The molecule has 0 spiro atoms. The van der Waals surface area contributed by atoms with Crippen LogP contribution in [0.4, 0.5) is 62.8 Å². The summed E-state index contributed by atoms with van der Waals surface area (Å²) in [5.41, 5.74) is -5.18. The number of nitro benzene ring substituents is 1. The number of rotatable bonds is 10. The molecule has 1 N–H and O–H groups in total. The number of benzene rings is 2. The number of halogens is 13. The Morgan fingerprint density at radius 1 is 0.718 bits per heavy atom. The lowest BCUT2D eigenvalue weighted by molar-refractivity contribution is -0.441. The molecule has 2 rings (SSSR count). The molecule has 0 radical (unpaired) electrons. The molecule has 0 aliphatic rings. The zero-order valence-corrected chi connectivity index (χ0v) is 19.1. The van der Waals surface area contributed by atoms with Crippen molar-refractivity contribution < 1.29 is 67.1 Å². The van der Waals surface area contributed by atoms with Crippen LogP contribution < -0.4 is 0 Å². The first-order valence-electron chi connectivity index (χ1n) is 10.4. The number of hydrogen-bond acceptors (Lipinski definition) is 3. The van der Waals surface area contributed by atoms with Gasteiger partial charge >= 0.3 is 35.8 Å². The molecule has 2 atom stereocenters. The first-order chi connectivity index (χ1) is 17.4. The van der Waals surface area contributed by atoms with Crippen molar-refractivity contribution in [3.8, 4) is 0 Å². The van der Waals surface area contributed by atoms with Crippen LogP contribution in [-0.4, -0.2) is 45.8 Å². The normalized spacial score (nSPS) is 16.5. The van der Waals surface area contributed by atoms with Crippen LogP contribution in [0.1, 0.15) is 30.4 Å². The van der Waals surface area contributed by atoms with Crippen molar-refractivity contribution in [2.75, 3.05) is 0 Å². The number of nitrogens with zero attached hydrogens (tertiary/aromatic N) is 1. The molecule has 0 aliphatic heterocycles. The number of alkyl halides is 13. The van der Waals surface area contributed by atoms with E-state index in [1.165, 1.54) is 18.2 Å². The van der Waals surface area contributed by atoms with E-state index in [9.17, 15) is 72.3 Å². The van der Waals surface area contributed by atoms with Gasteiger partial charge in [-0.05, 0) is 23.3 Å². The Labute approximate surface area is 210 Å². The molecular formula is C22H16F13NO3. The molecule has 0 fully saturated rings. The molecule has 2 unspecified atom stereocenters. The van der Waals surface area contributed by atoms with Crippen molar-refractivity contribution in [3.63, 3.8) is 0 Å². The Morgan fingerprint density at radius 3 is 1.56 bits per heavy atom. The Balaban J connectivity index is 2.70. The molecule has 2 aromatic carbocycles. The van der Waals surface area contributed by atoms with Crippen LogP contribution in [0.2, 0.25) is 0 Å². The maximum Gasteiger partial charge on any atom is 0.460 e. The second kappa shape index (κ2) is 9.82. The first-order valence-corrected chi connectivity index (χ1v) is 10.4. The second-order valence-electron chi connectivity index (χ2n) is 8.54. The maximum atomic E-state index is 14.8. The van der Waals surface area contributed by atoms with Gasteiger partial charge in [-0.2, -0.15) is 57.1 Å². The summed E-state index contributed by atoms with van der Waals surface area (Å²) in [5.74, 6) is -40.0. The highest BCUT2D eigenvalue weighted by atomic mass is 19.4. The van der Waals surface area contributed by atoms with E-state index in [4.69, 9.17) is 0 Å². The molecule has 0 heterocycles. The first kappa shape index (κ1) is 32.1. The minimum atomic E-state index is -8.08. The van der Waals surface area contributed by atoms with E-state index in [1.54, 1.807) is 0 Å². The van der Waals surface area contributed by atoms with E-state index >= 15 is 0 Å². The lowest BCUT2D eigenvalue weighted by Crippen LogP contribution is -2.70. The third kappa shape index (κ3) is 5.12. The van der Waals surface area contributed by atoms with Gasteiger partial charge in [0, 0.05) is 18.1 Å². The molecule has 0 amide bonds. The minimum absolute atomic E-state index is 0.141. The lowest BCUT2D eigenvalue weighted by Gasteiger charge is -2.43. The third-order valence-corrected chi connectivity index (χ3v) is 6.08. The molecule has 218 valence electrons. The van der Waals surface area contributed by atoms with Crippen LogP contribution in [0.3, 0.4) is 0 Å². The van der Waals surface area contributed by atoms with Gasteiger partial charge in [-0.15, -0.1) is 0 Å². The Bertz CT molecular complexity index is 1170. The van der Waals surface area contributed by atoms with Gasteiger partial charge in [-0.3, -0.25) is 10.1 Å². The number of nitro groups is 1. The van der Waals surface area contributed by atoms with Gasteiger partial charge in [0.2, 0.25) is 0 Å². The van der Waals surface area contributed by atoms with Crippen LogP contribution in [0.25, 0.3) is 0 Å². The highest BCUT2D eigenvalue weighted by Gasteiger charge is 2.90. The minimum Gasteiger partial charge on any atom is -0.384 e. The summed E-state index contributed by atoms with van der Waals surface area (Å²) >= 11 is 0. The maximum absolute atomic E-state index is 14.8. The molecule has 2 aromatic rings. The summed E-state index contributed by atoms with van der Waals surface area (Å²) in [7, 11) is 0. The SMILES string of the molecule is CC(c1ccccc1)C(O)(CC(F)(F)C(F)(F)C(F)(F)C(F)(F)C(F)(F)C(F)(F)F)c1ccc([N+](=O)[O-])cc1. The Morgan fingerprint density at radius 2 is 1.15 bits per heavy atom. The van der Waals surface area contributed by atoms with Crippen molar-refractivity contribution in [2.45, 2.75) is 60.7 Å². The zero-order valence-electron chi connectivity index (χ0n) is 19.1. The third-order valence-electron chi connectivity index (χ3n) is 6.08. The molecule has 4 nitrogen and oxygen atoms in total. The standard InChI is InChI=1S/C22H16F13NO3/c1-12(13-5-3-2-4-6-13)16(37,14-7-9-15(10-8-14)36(38)39)11-17(23,24)18(25,26)19(27,28)20(29,30)21(31,32)22(33,34)35/h2-10,12,37H,11H2,1H3. The number of non-ortho nitro benzene ring substituents is 1. The van der Waals surface area contributed by atoms with Gasteiger partial charge in [-0.1, -0.05) is 37.3 Å². The fourth-order valence-electron chi connectivity index (χ4n) is 3.65. The van der Waals surface area contributed by atoms with Gasteiger partial charge < -0.3 is 5.11 Å². The van der Waals surface area contributed by atoms with Crippen molar-refractivity contribution >= 4 is 5.69 Å². The van der Waals surface area contributed by atoms with Crippen molar-refractivity contribution in [3.05, 3.63) is 75.8 Å². The van der Waals surface area contributed by atoms with E-state index in [0.717, 1.165) is 19.1 Å². The van der Waals surface area contributed by atoms with E-state index in [-0.39, 0.29) is 5.56 Å². The summed E-state index contributed by atoms with van der Waals surface area (Å²) < 4.78 is 177. The van der Waals surface area contributed by atoms with Crippen molar-refractivity contribution in [1.29, 1.82) is 0 Å².